The second kappa shape index (κ2) is 6.43. The molecule has 2 aliphatic rings. The average molecular weight is 283 g/mol. The van der Waals surface area contributed by atoms with Gasteiger partial charge in [-0.15, -0.1) is 0 Å². The summed E-state index contributed by atoms with van der Waals surface area (Å²) < 4.78 is 0. The van der Waals surface area contributed by atoms with E-state index in [1.54, 1.807) is 4.90 Å². The third kappa shape index (κ3) is 3.23. The van der Waals surface area contributed by atoms with E-state index in [1.807, 2.05) is 6.92 Å². The predicted molar refractivity (Wildman–Crippen MR) is 75.3 cm³/mol. The number of hydrogen-bond donors (Lipinski definition) is 2. The van der Waals surface area contributed by atoms with Crippen molar-refractivity contribution in [2.45, 2.75) is 51.1 Å². The van der Waals surface area contributed by atoms with Gasteiger partial charge < -0.3 is 20.6 Å². The van der Waals surface area contributed by atoms with E-state index in [0.717, 1.165) is 25.7 Å². The number of amides is 2. The highest BCUT2D eigenvalue weighted by atomic mass is 16.4. The summed E-state index contributed by atoms with van der Waals surface area (Å²) in [5.74, 6) is 0.287. The second-order valence-corrected chi connectivity index (χ2v) is 6.03. The molecular weight excluding hydrogens is 258 g/mol. The van der Waals surface area contributed by atoms with Gasteiger partial charge in [-0.25, -0.2) is 4.79 Å². The quantitative estimate of drug-likeness (QED) is 0.794. The van der Waals surface area contributed by atoms with Crippen molar-refractivity contribution in [2.75, 3.05) is 19.6 Å². The van der Waals surface area contributed by atoms with E-state index in [9.17, 15) is 9.59 Å². The van der Waals surface area contributed by atoms with Crippen LogP contribution in [-0.2, 0) is 4.79 Å². The molecule has 3 N–H and O–H groups in total. The monoisotopic (exact) mass is 283 g/mol. The molecule has 2 fully saturated rings. The Kier molecular flexibility index (Phi) is 4.86. The van der Waals surface area contributed by atoms with Crippen LogP contribution in [0.4, 0.5) is 4.79 Å². The third-order valence-corrected chi connectivity index (χ3v) is 4.62. The summed E-state index contributed by atoms with van der Waals surface area (Å²) in [5, 5.41) is 8.99. The van der Waals surface area contributed by atoms with E-state index in [2.05, 4.69) is 0 Å². The summed E-state index contributed by atoms with van der Waals surface area (Å²) in [6.07, 6.45) is 4.72. The van der Waals surface area contributed by atoms with Gasteiger partial charge in [0, 0.05) is 25.7 Å². The topological polar surface area (TPSA) is 86.9 Å². The summed E-state index contributed by atoms with van der Waals surface area (Å²) >= 11 is 0. The maximum atomic E-state index is 12.5. The summed E-state index contributed by atoms with van der Waals surface area (Å²) in [6.45, 7) is 3.09. The molecule has 1 saturated carbocycles. The van der Waals surface area contributed by atoms with Crippen molar-refractivity contribution in [3.05, 3.63) is 0 Å². The largest absolute Gasteiger partial charge is 0.465 e. The molecule has 0 aromatic carbocycles. The molecule has 1 unspecified atom stereocenters. The number of piperazine rings is 1. The average Bonchev–Trinajstić information content (AvgIpc) is 2.46. The second-order valence-electron chi connectivity index (χ2n) is 6.03. The molecule has 1 saturated heterocycles. The Morgan fingerprint density at radius 1 is 1.20 bits per heavy atom. The van der Waals surface area contributed by atoms with Gasteiger partial charge >= 0.3 is 6.09 Å². The first-order chi connectivity index (χ1) is 9.50. The molecule has 6 heteroatoms. The van der Waals surface area contributed by atoms with Crippen molar-refractivity contribution in [1.82, 2.24) is 9.80 Å². The summed E-state index contributed by atoms with van der Waals surface area (Å²) in [4.78, 5) is 26.6. The fourth-order valence-electron chi connectivity index (χ4n) is 3.35. The Hall–Kier alpha value is -1.30. The zero-order chi connectivity index (χ0) is 14.7. The molecule has 0 bridgehead atoms. The summed E-state index contributed by atoms with van der Waals surface area (Å²) in [5.41, 5.74) is 6.16. The SMILES string of the molecule is C[C@@H]1CN(C(=O)O)CCN1C(=O)C(N)C1CCCCC1. The van der Waals surface area contributed by atoms with Gasteiger partial charge in [-0.1, -0.05) is 19.3 Å². The molecule has 0 aromatic rings. The molecule has 2 rings (SSSR count). The van der Waals surface area contributed by atoms with Gasteiger partial charge in [0.25, 0.3) is 0 Å². The van der Waals surface area contributed by atoms with Crippen LogP contribution in [0.2, 0.25) is 0 Å². The number of nitrogens with zero attached hydrogens (tertiary/aromatic N) is 2. The first kappa shape index (κ1) is 15.1. The van der Waals surface area contributed by atoms with Crippen LogP contribution in [0.5, 0.6) is 0 Å². The van der Waals surface area contributed by atoms with Crippen LogP contribution in [0.25, 0.3) is 0 Å². The van der Waals surface area contributed by atoms with Gasteiger partial charge in [0.15, 0.2) is 0 Å². The van der Waals surface area contributed by atoms with Crippen molar-refractivity contribution >= 4 is 12.0 Å². The van der Waals surface area contributed by atoms with Crippen LogP contribution in [0.15, 0.2) is 0 Å². The highest BCUT2D eigenvalue weighted by Gasteiger charge is 2.35. The zero-order valence-electron chi connectivity index (χ0n) is 12.1. The molecule has 2 amide bonds. The number of carbonyl (C=O) groups excluding carboxylic acids is 1. The van der Waals surface area contributed by atoms with Crippen LogP contribution in [0, 0.1) is 5.92 Å². The number of hydrogen-bond acceptors (Lipinski definition) is 3. The summed E-state index contributed by atoms with van der Waals surface area (Å²) in [6, 6.07) is -0.517. The normalized spacial score (nSPS) is 26.4. The molecule has 0 radical (unpaired) electrons. The van der Waals surface area contributed by atoms with Gasteiger partial charge in [-0.2, -0.15) is 0 Å². The van der Waals surface area contributed by atoms with E-state index >= 15 is 0 Å². The minimum Gasteiger partial charge on any atom is -0.465 e. The lowest BCUT2D eigenvalue weighted by Crippen LogP contribution is -2.59. The first-order valence-electron chi connectivity index (χ1n) is 7.54. The molecule has 1 aliphatic carbocycles. The fourth-order valence-corrected chi connectivity index (χ4v) is 3.35. The van der Waals surface area contributed by atoms with E-state index in [0.29, 0.717) is 25.6 Å². The standard InChI is InChI=1S/C14H25N3O3/c1-10-9-16(14(19)20)7-8-17(10)13(18)12(15)11-5-3-2-4-6-11/h10-12H,2-9,15H2,1H3,(H,19,20)/t10-,12?/m1/s1. The lowest BCUT2D eigenvalue weighted by molar-refractivity contribution is -0.138. The predicted octanol–water partition coefficient (Wildman–Crippen LogP) is 1.10. The lowest BCUT2D eigenvalue weighted by Gasteiger charge is -2.41. The lowest BCUT2D eigenvalue weighted by atomic mass is 9.83. The number of carbonyl (C=O) groups is 2. The van der Waals surface area contributed by atoms with Crippen LogP contribution >= 0.6 is 0 Å². The van der Waals surface area contributed by atoms with Crippen molar-refractivity contribution in [1.29, 1.82) is 0 Å². The van der Waals surface area contributed by atoms with Crippen molar-refractivity contribution < 1.29 is 14.7 Å². The van der Waals surface area contributed by atoms with Gasteiger partial charge in [0.2, 0.25) is 5.91 Å². The van der Waals surface area contributed by atoms with Crippen molar-refractivity contribution in [3.63, 3.8) is 0 Å². The number of nitrogens with two attached hydrogens (primary N) is 1. The minimum atomic E-state index is -0.916. The van der Waals surface area contributed by atoms with Gasteiger partial charge in [-0.05, 0) is 25.7 Å². The van der Waals surface area contributed by atoms with Crippen LogP contribution in [-0.4, -0.2) is 58.6 Å². The molecule has 1 aliphatic heterocycles. The smallest absolute Gasteiger partial charge is 0.407 e. The van der Waals surface area contributed by atoms with Crippen LogP contribution < -0.4 is 5.73 Å². The highest BCUT2D eigenvalue weighted by Crippen LogP contribution is 2.27. The zero-order valence-corrected chi connectivity index (χ0v) is 12.1. The minimum absolute atomic E-state index is 0.00515. The van der Waals surface area contributed by atoms with Gasteiger partial charge in [0.1, 0.15) is 0 Å². The fraction of sp³-hybridized carbons (Fsp3) is 0.857. The Bertz CT molecular complexity index is 369. The Morgan fingerprint density at radius 2 is 1.85 bits per heavy atom. The van der Waals surface area contributed by atoms with Crippen LogP contribution in [0.3, 0.4) is 0 Å². The summed E-state index contributed by atoms with van der Waals surface area (Å²) in [7, 11) is 0. The van der Waals surface area contributed by atoms with Gasteiger partial charge in [0.05, 0.1) is 6.04 Å². The van der Waals surface area contributed by atoms with Crippen molar-refractivity contribution in [2.24, 2.45) is 11.7 Å². The van der Waals surface area contributed by atoms with E-state index < -0.39 is 12.1 Å². The highest BCUT2D eigenvalue weighted by molar-refractivity contribution is 5.82. The molecular formula is C14H25N3O3. The molecule has 2 atom stereocenters. The number of rotatable bonds is 2. The maximum absolute atomic E-state index is 12.5. The van der Waals surface area contributed by atoms with E-state index in [1.165, 1.54) is 11.3 Å². The van der Waals surface area contributed by atoms with E-state index in [-0.39, 0.29) is 11.9 Å². The van der Waals surface area contributed by atoms with Crippen LogP contribution in [0.1, 0.15) is 39.0 Å². The third-order valence-electron chi connectivity index (χ3n) is 4.62. The Labute approximate surface area is 119 Å². The van der Waals surface area contributed by atoms with E-state index in [4.69, 9.17) is 10.8 Å². The Balaban J connectivity index is 1.93. The molecule has 6 nitrogen and oxygen atoms in total. The molecule has 0 spiro atoms. The molecule has 1 heterocycles. The van der Waals surface area contributed by atoms with Gasteiger partial charge in [-0.3, -0.25) is 4.79 Å². The molecule has 114 valence electrons. The molecule has 0 aromatic heterocycles. The Morgan fingerprint density at radius 3 is 2.40 bits per heavy atom. The number of carboxylic acid groups (broad SMARTS) is 1. The maximum Gasteiger partial charge on any atom is 0.407 e. The molecule has 20 heavy (non-hydrogen) atoms. The first-order valence-corrected chi connectivity index (χ1v) is 7.54. The van der Waals surface area contributed by atoms with Crippen molar-refractivity contribution in [3.8, 4) is 0 Å².